The van der Waals surface area contributed by atoms with E-state index >= 15 is 0 Å². The van der Waals surface area contributed by atoms with Gasteiger partial charge in [0.2, 0.25) is 6.10 Å². The van der Waals surface area contributed by atoms with E-state index in [4.69, 9.17) is 16.3 Å². The summed E-state index contributed by atoms with van der Waals surface area (Å²) in [6.07, 6.45) is -4.92. The fraction of sp³-hybridized carbons (Fsp3) is 0.333. The summed E-state index contributed by atoms with van der Waals surface area (Å²) in [4.78, 5) is 24.1. The lowest BCUT2D eigenvalue weighted by molar-refractivity contribution is -0.205. The molecule has 3 aliphatic rings. The maximum atomic E-state index is 13.3. The van der Waals surface area contributed by atoms with Gasteiger partial charge in [0.15, 0.2) is 0 Å². The summed E-state index contributed by atoms with van der Waals surface area (Å²) >= 11 is 5.70. The minimum atomic E-state index is -4.75. The minimum Gasteiger partial charge on any atom is -0.445 e. The van der Waals surface area contributed by atoms with Crippen molar-refractivity contribution in [3.8, 4) is 0 Å². The number of fused-ring (bicyclic) bond motifs is 1. The van der Waals surface area contributed by atoms with E-state index in [1.165, 1.54) is 47.4 Å². The molecule has 2 aliphatic heterocycles. The number of ether oxygens (including phenoxy) is 2. The molecule has 2 amide bonds. The van der Waals surface area contributed by atoms with Gasteiger partial charge < -0.3 is 20.1 Å². The van der Waals surface area contributed by atoms with Crippen molar-refractivity contribution in [1.29, 1.82) is 0 Å². The van der Waals surface area contributed by atoms with Gasteiger partial charge >= 0.3 is 18.4 Å². The number of carbonyl (C=O) groups excluding carboxylic acids is 2. The molecule has 3 atom stereocenters. The number of amides is 2. The van der Waals surface area contributed by atoms with Crippen LogP contribution in [-0.4, -0.2) is 50.6 Å². The molecule has 1 aliphatic carbocycles. The Bertz CT molecular complexity index is 1730. The van der Waals surface area contributed by atoms with Gasteiger partial charge in [-0.3, -0.25) is 10.6 Å². The third kappa shape index (κ3) is 10.0. The molecule has 268 valence electrons. The molecule has 3 unspecified atom stereocenters. The summed E-state index contributed by atoms with van der Waals surface area (Å²) in [5.74, 6) is 0.994. The van der Waals surface area contributed by atoms with Crippen molar-refractivity contribution in [2.45, 2.75) is 55.9 Å². The Morgan fingerprint density at radius 1 is 0.706 bits per heavy atom. The van der Waals surface area contributed by atoms with Crippen molar-refractivity contribution in [3.05, 3.63) is 130 Å². The summed E-state index contributed by atoms with van der Waals surface area (Å²) < 4.78 is 50.1. The summed E-state index contributed by atoms with van der Waals surface area (Å²) in [7, 11) is 0. The third-order valence-corrected chi connectivity index (χ3v) is 9.61. The predicted molar refractivity (Wildman–Crippen MR) is 191 cm³/mol. The van der Waals surface area contributed by atoms with Crippen LogP contribution < -0.4 is 21.3 Å². The zero-order valence-corrected chi connectivity index (χ0v) is 28.6. The molecule has 0 spiro atoms. The van der Waals surface area contributed by atoms with Gasteiger partial charge in [-0.05, 0) is 96.4 Å². The first kappa shape index (κ1) is 36.2. The van der Waals surface area contributed by atoms with Crippen LogP contribution >= 0.6 is 11.6 Å². The molecule has 2 fully saturated rings. The van der Waals surface area contributed by atoms with Crippen LogP contribution in [0.1, 0.15) is 58.6 Å². The molecule has 4 N–H and O–H groups in total. The minimum absolute atomic E-state index is 0.0637. The number of carbonyl (C=O) groups is 2. The van der Waals surface area contributed by atoms with Crippen molar-refractivity contribution in [2.75, 3.05) is 36.8 Å². The number of hydrogen-bond acceptors (Lipinski definition) is 6. The lowest BCUT2D eigenvalue weighted by Gasteiger charge is -2.21. The van der Waals surface area contributed by atoms with Gasteiger partial charge in [-0.15, -0.1) is 0 Å². The number of rotatable bonds is 7. The molecule has 0 bridgehead atoms. The normalized spacial score (nSPS) is 19.0. The van der Waals surface area contributed by atoms with E-state index in [1.54, 1.807) is 12.1 Å². The van der Waals surface area contributed by atoms with Crippen LogP contribution in [0, 0.1) is 0 Å². The first-order chi connectivity index (χ1) is 24.6. The molecule has 8 nitrogen and oxygen atoms in total. The lowest BCUT2D eigenvalue weighted by Crippen LogP contribution is -2.28. The predicted octanol–water partition coefficient (Wildman–Crippen LogP) is 8.75. The molecular formula is C39H40ClF3N4O4. The van der Waals surface area contributed by atoms with Gasteiger partial charge in [0.25, 0.3) is 0 Å². The summed E-state index contributed by atoms with van der Waals surface area (Å²) in [6, 6.07) is 28.4. The van der Waals surface area contributed by atoms with Crippen molar-refractivity contribution in [3.63, 3.8) is 0 Å². The van der Waals surface area contributed by atoms with Crippen LogP contribution in [0.4, 0.5) is 34.1 Å². The Hall–Kier alpha value is -4.58. The number of halogens is 4. The molecule has 0 radical (unpaired) electrons. The second-order valence-corrected chi connectivity index (χ2v) is 13.4. The van der Waals surface area contributed by atoms with Gasteiger partial charge in [0, 0.05) is 47.9 Å². The summed E-state index contributed by atoms with van der Waals surface area (Å²) in [5.41, 5.74) is 5.95. The third-order valence-electron chi connectivity index (χ3n) is 9.36. The Morgan fingerprint density at radius 3 is 1.65 bits per heavy atom. The molecule has 4 aromatic rings. The van der Waals surface area contributed by atoms with Gasteiger partial charge in [-0.25, -0.2) is 9.59 Å². The van der Waals surface area contributed by atoms with Crippen LogP contribution in [0.15, 0.2) is 97.1 Å². The Balaban J connectivity index is 0.000000177. The van der Waals surface area contributed by atoms with Gasteiger partial charge in [-0.2, -0.15) is 13.2 Å². The summed E-state index contributed by atoms with van der Waals surface area (Å²) in [6.45, 7) is 3.97. The molecule has 0 aromatic heterocycles. The SMILES string of the molecule is O=C(Nc1ccc(C2CCNC2)cc1)OC(c1ccc(Cl)cc1)C(F)(F)F.O=C(Nc1ccc(C2CCNC2)cc1)OC1Cc2ccccc2C1. The fourth-order valence-corrected chi connectivity index (χ4v) is 6.80. The van der Waals surface area contributed by atoms with Crippen molar-refractivity contribution >= 4 is 35.2 Å². The molecular weight excluding hydrogens is 681 g/mol. The number of alkyl halides is 3. The average Bonchev–Trinajstić information content (AvgIpc) is 3.91. The second-order valence-electron chi connectivity index (χ2n) is 13.0. The lowest BCUT2D eigenvalue weighted by atomic mass is 9.98. The second kappa shape index (κ2) is 16.6. The number of benzene rings is 4. The van der Waals surface area contributed by atoms with Crippen LogP contribution in [0.25, 0.3) is 0 Å². The number of anilines is 2. The Morgan fingerprint density at radius 2 is 1.20 bits per heavy atom. The van der Waals surface area contributed by atoms with Crippen LogP contribution in [0.3, 0.4) is 0 Å². The number of nitrogens with one attached hydrogen (secondary N) is 4. The maximum Gasteiger partial charge on any atom is 0.429 e. The van der Waals surface area contributed by atoms with E-state index in [0.29, 0.717) is 22.5 Å². The first-order valence-corrected chi connectivity index (χ1v) is 17.4. The van der Waals surface area contributed by atoms with Gasteiger partial charge in [0.1, 0.15) is 6.10 Å². The standard InChI is InChI=1S/C20H22N2O2.C19H18ClF3N2O2/c23-20(24-19-11-15-3-1-2-4-16(15)12-19)22-18-7-5-14(6-8-18)17-9-10-21-13-17;20-15-5-1-13(2-6-15)17(19(21,22)23)27-18(26)25-16-7-3-12(4-8-16)14-9-10-24-11-14/h1-8,17,19,21H,9-13H2,(H,22,23);1-8,14,17,24H,9-11H2,(H,25,26). The van der Waals surface area contributed by atoms with Gasteiger partial charge in [-0.1, -0.05) is 72.3 Å². The fourth-order valence-electron chi connectivity index (χ4n) is 6.67. The average molecular weight is 721 g/mol. The number of hydrogen-bond donors (Lipinski definition) is 4. The van der Waals surface area contributed by atoms with Crippen LogP contribution in [0.5, 0.6) is 0 Å². The zero-order chi connectivity index (χ0) is 35.8. The van der Waals surface area contributed by atoms with Crippen LogP contribution in [0.2, 0.25) is 5.02 Å². The Labute approximate surface area is 300 Å². The van der Waals surface area contributed by atoms with Gasteiger partial charge in [0.05, 0.1) is 0 Å². The summed E-state index contributed by atoms with van der Waals surface area (Å²) in [5, 5.41) is 12.1. The molecule has 51 heavy (non-hydrogen) atoms. The van der Waals surface area contributed by atoms with E-state index < -0.39 is 18.4 Å². The Kier molecular flexibility index (Phi) is 11.8. The van der Waals surface area contributed by atoms with Crippen molar-refractivity contribution in [1.82, 2.24) is 10.6 Å². The molecule has 2 saturated heterocycles. The highest BCUT2D eigenvalue weighted by molar-refractivity contribution is 6.30. The maximum absolute atomic E-state index is 13.3. The largest absolute Gasteiger partial charge is 0.445 e. The highest BCUT2D eigenvalue weighted by Crippen LogP contribution is 2.37. The van der Waals surface area contributed by atoms with Crippen LogP contribution in [-0.2, 0) is 22.3 Å². The quantitative estimate of drug-likeness (QED) is 0.152. The van der Waals surface area contributed by atoms with E-state index in [2.05, 4.69) is 50.3 Å². The smallest absolute Gasteiger partial charge is 0.429 e. The van der Waals surface area contributed by atoms with Crippen molar-refractivity contribution < 1.29 is 32.2 Å². The molecule has 7 rings (SSSR count). The van der Waals surface area contributed by atoms with E-state index in [1.807, 2.05) is 36.4 Å². The highest BCUT2D eigenvalue weighted by atomic mass is 35.5. The van der Waals surface area contributed by atoms with Crippen molar-refractivity contribution in [2.24, 2.45) is 0 Å². The van der Waals surface area contributed by atoms with E-state index in [9.17, 15) is 22.8 Å². The molecule has 0 saturated carbocycles. The zero-order valence-electron chi connectivity index (χ0n) is 27.8. The topological polar surface area (TPSA) is 101 Å². The highest BCUT2D eigenvalue weighted by Gasteiger charge is 2.44. The first-order valence-electron chi connectivity index (χ1n) is 17.1. The molecule has 12 heteroatoms. The molecule has 4 aromatic carbocycles. The van der Waals surface area contributed by atoms with E-state index in [-0.39, 0.29) is 17.8 Å². The molecule has 2 heterocycles. The monoisotopic (exact) mass is 720 g/mol. The van der Waals surface area contributed by atoms with E-state index in [0.717, 1.165) is 56.7 Å².